The van der Waals surface area contributed by atoms with Gasteiger partial charge in [-0.15, -0.1) is 0 Å². The van der Waals surface area contributed by atoms with E-state index in [1.165, 1.54) is 0 Å². The zero-order valence-corrected chi connectivity index (χ0v) is 6.20. The van der Waals surface area contributed by atoms with Gasteiger partial charge >= 0.3 is 5.97 Å². The molecule has 0 fully saturated rings. The average Bonchev–Trinajstić information content (AvgIpc) is 2.05. The molecule has 1 aromatic rings. The molecule has 0 bridgehead atoms. The lowest BCUT2D eigenvalue weighted by atomic mass is 9.95. The summed E-state index contributed by atoms with van der Waals surface area (Å²) in [6.45, 7) is 0. The summed E-state index contributed by atoms with van der Waals surface area (Å²) in [5.41, 5.74) is 1.57. The number of benzene rings is 1. The molecule has 0 aliphatic carbocycles. The van der Waals surface area contributed by atoms with Crippen LogP contribution in [0.5, 0.6) is 0 Å². The Balaban J connectivity index is 2.90. The summed E-state index contributed by atoms with van der Waals surface area (Å²) in [5.74, 6) is 4.18. The van der Waals surface area contributed by atoms with Crippen LogP contribution in [0.15, 0.2) is 24.3 Å². The van der Waals surface area contributed by atoms with Gasteiger partial charge in [0, 0.05) is 0 Å². The van der Waals surface area contributed by atoms with Gasteiger partial charge in [-0.25, -0.2) is 4.79 Å². The molecule has 11 heavy (non-hydrogen) atoms. The first-order valence-corrected chi connectivity index (χ1v) is 3.22. The van der Waals surface area contributed by atoms with E-state index in [-0.39, 0.29) is 0 Å². The van der Waals surface area contributed by atoms with E-state index >= 15 is 0 Å². The molecule has 1 rings (SSSR count). The van der Waals surface area contributed by atoms with Gasteiger partial charge in [-0.3, -0.25) is 0 Å². The normalized spacial score (nSPS) is 9.18. The largest absolute Gasteiger partial charge is 0.370 e. The van der Waals surface area contributed by atoms with Crippen molar-refractivity contribution in [1.82, 2.24) is 0 Å². The maximum atomic E-state index is 10.8. The number of nitrogens with two attached hydrogens (primary N) is 1. The lowest BCUT2D eigenvalue weighted by molar-refractivity contribution is 0.0503. The smallest absolute Gasteiger partial charge is 0.356 e. The van der Waals surface area contributed by atoms with E-state index in [0.29, 0.717) is 5.56 Å². The van der Waals surface area contributed by atoms with E-state index in [9.17, 15) is 4.79 Å². The topological polar surface area (TPSA) is 52.3 Å². The molecule has 0 aliphatic rings. The van der Waals surface area contributed by atoms with Crippen LogP contribution in [-0.2, 0) is 4.84 Å². The van der Waals surface area contributed by atoms with Gasteiger partial charge in [0.05, 0.1) is 5.56 Å². The Bertz CT molecular complexity index is 258. The second-order valence-electron chi connectivity index (χ2n) is 2.27. The van der Waals surface area contributed by atoms with Gasteiger partial charge in [-0.2, -0.15) is 5.90 Å². The predicted octanol–water partition coefficient (Wildman–Crippen LogP) is -1.02. The molecule has 0 heterocycles. The molecule has 2 N–H and O–H groups in total. The monoisotopic (exact) mass is 149 g/mol. The molecular formula is C7H8BNO2. The van der Waals surface area contributed by atoms with E-state index in [0.717, 1.165) is 5.46 Å². The first-order chi connectivity index (χ1) is 5.24. The fourth-order valence-electron chi connectivity index (χ4n) is 0.758. The van der Waals surface area contributed by atoms with Gasteiger partial charge in [-0.05, 0) is 12.1 Å². The average molecular weight is 149 g/mol. The molecule has 1 aromatic carbocycles. The van der Waals surface area contributed by atoms with Crippen LogP contribution in [0.2, 0.25) is 0 Å². The molecule has 3 nitrogen and oxygen atoms in total. The highest BCUT2D eigenvalue weighted by Crippen LogP contribution is 1.96. The maximum absolute atomic E-state index is 10.8. The van der Waals surface area contributed by atoms with E-state index in [1.807, 2.05) is 20.0 Å². The number of hydrogen-bond acceptors (Lipinski definition) is 3. The van der Waals surface area contributed by atoms with Gasteiger partial charge in [0.25, 0.3) is 0 Å². The molecule has 0 amide bonds. The van der Waals surface area contributed by atoms with E-state index < -0.39 is 5.97 Å². The molecule has 0 unspecified atom stereocenters. The molecule has 0 aromatic heterocycles. The minimum atomic E-state index is -0.509. The molecule has 0 saturated heterocycles. The summed E-state index contributed by atoms with van der Waals surface area (Å²) in [6.07, 6.45) is 0. The van der Waals surface area contributed by atoms with Crippen LogP contribution in [0, 0.1) is 0 Å². The van der Waals surface area contributed by atoms with Gasteiger partial charge in [0.1, 0.15) is 7.85 Å². The summed E-state index contributed by atoms with van der Waals surface area (Å²) in [7, 11) is 1.94. The van der Waals surface area contributed by atoms with Crippen molar-refractivity contribution in [1.29, 1.82) is 0 Å². The molecule has 0 saturated carbocycles. The SMILES string of the molecule is Bc1ccc(C(=O)ON)cc1. The number of hydrogen-bond donors (Lipinski definition) is 1. The van der Waals surface area contributed by atoms with Gasteiger partial charge < -0.3 is 4.84 Å². The molecule has 56 valence electrons. The number of carbonyl (C=O) groups excluding carboxylic acids is 1. The van der Waals surface area contributed by atoms with Crippen molar-refractivity contribution in [2.45, 2.75) is 0 Å². The molecule has 4 heteroatoms. The zero-order chi connectivity index (χ0) is 8.27. The molecule has 0 spiro atoms. The fourth-order valence-corrected chi connectivity index (χ4v) is 0.758. The summed E-state index contributed by atoms with van der Waals surface area (Å²) in [6, 6.07) is 6.99. The summed E-state index contributed by atoms with van der Waals surface area (Å²) in [5, 5.41) is 0. The Morgan fingerprint density at radius 2 is 1.91 bits per heavy atom. The van der Waals surface area contributed by atoms with Crippen molar-refractivity contribution in [3.05, 3.63) is 29.8 Å². The maximum Gasteiger partial charge on any atom is 0.356 e. The zero-order valence-electron chi connectivity index (χ0n) is 6.20. The Hall–Kier alpha value is -1.29. The van der Waals surface area contributed by atoms with Crippen LogP contribution >= 0.6 is 0 Å². The van der Waals surface area contributed by atoms with Crippen molar-refractivity contribution in [2.24, 2.45) is 5.90 Å². The molecule has 0 radical (unpaired) electrons. The molecular weight excluding hydrogens is 141 g/mol. The minimum Gasteiger partial charge on any atom is -0.370 e. The third kappa shape index (κ3) is 1.81. The van der Waals surface area contributed by atoms with Crippen LogP contribution in [-0.4, -0.2) is 13.8 Å². The Labute approximate surface area is 65.5 Å². The van der Waals surface area contributed by atoms with Gasteiger partial charge in [0.2, 0.25) is 0 Å². The van der Waals surface area contributed by atoms with Crippen molar-refractivity contribution < 1.29 is 9.63 Å². The van der Waals surface area contributed by atoms with E-state index in [4.69, 9.17) is 5.90 Å². The first kappa shape index (κ1) is 7.82. The first-order valence-electron chi connectivity index (χ1n) is 3.22. The van der Waals surface area contributed by atoms with Gasteiger partial charge in [-0.1, -0.05) is 17.6 Å². The van der Waals surface area contributed by atoms with Crippen molar-refractivity contribution in [3.63, 3.8) is 0 Å². The third-order valence-corrected chi connectivity index (χ3v) is 1.39. The second kappa shape index (κ2) is 3.21. The van der Waals surface area contributed by atoms with E-state index in [1.54, 1.807) is 12.1 Å². The lowest BCUT2D eigenvalue weighted by Gasteiger charge is -1.97. The van der Waals surface area contributed by atoms with Crippen LogP contribution in [0.4, 0.5) is 0 Å². The number of rotatable bonds is 1. The fraction of sp³-hybridized carbons (Fsp3) is 0. The molecule has 0 atom stereocenters. The van der Waals surface area contributed by atoms with Crippen molar-refractivity contribution in [2.75, 3.05) is 0 Å². The predicted molar refractivity (Wildman–Crippen MR) is 44.2 cm³/mol. The summed E-state index contributed by atoms with van der Waals surface area (Å²) in [4.78, 5) is 14.8. The Morgan fingerprint density at radius 3 is 2.36 bits per heavy atom. The van der Waals surface area contributed by atoms with Gasteiger partial charge in [0.15, 0.2) is 0 Å². The second-order valence-corrected chi connectivity index (χ2v) is 2.27. The van der Waals surface area contributed by atoms with E-state index in [2.05, 4.69) is 4.84 Å². The Kier molecular flexibility index (Phi) is 2.28. The van der Waals surface area contributed by atoms with Crippen molar-refractivity contribution in [3.8, 4) is 0 Å². The minimum absolute atomic E-state index is 0.470. The van der Waals surface area contributed by atoms with Crippen LogP contribution < -0.4 is 11.4 Å². The molecule has 0 aliphatic heterocycles. The highest BCUT2D eigenvalue weighted by Gasteiger charge is 2.02. The highest BCUT2D eigenvalue weighted by molar-refractivity contribution is 6.32. The number of carbonyl (C=O) groups is 1. The quantitative estimate of drug-likeness (QED) is 0.410. The van der Waals surface area contributed by atoms with Crippen LogP contribution in [0.3, 0.4) is 0 Å². The van der Waals surface area contributed by atoms with Crippen molar-refractivity contribution >= 4 is 19.3 Å². The summed E-state index contributed by atoms with van der Waals surface area (Å²) >= 11 is 0. The Morgan fingerprint density at radius 1 is 1.36 bits per heavy atom. The van der Waals surface area contributed by atoms with Crippen LogP contribution in [0.25, 0.3) is 0 Å². The summed E-state index contributed by atoms with van der Waals surface area (Å²) < 4.78 is 0. The highest BCUT2D eigenvalue weighted by atomic mass is 16.7. The third-order valence-electron chi connectivity index (χ3n) is 1.39. The standard InChI is InChI=1S/C7H8BNO2/c8-6-3-1-5(2-4-6)7(10)11-9/h1-4H,8-9H2. The lowest BCUT2D eigenvalue weighted by Crippen LogP contribution is -2.11. The van der Waals surface area contributed by atoms with Crippen LogP contribution in [0.1, 0.15) is 10.4 Å².